The number of rotatable bonds is 3. The van der Waals surface area contributed by atoms with Gasteiger partial charge in [0.1, 0.15) is 17.5 Å². The summed E-state index contributed by atoms with van der Waals surface area (Å²) >= 11 is 0. The number of H-pyrrole nitrogens is 1. The van der Waals surface area contributed by atoms with Gasteiger partial charge >= 0.3 is 0 Å². The van der Waals surface area contributed by atoms with Crippen LogP contribution < -0.4 is 4.90 Å². The van der Waals surface area contributed by atoms with Crippen LogP contribution in [0, 0.1) is 17.6 Å². The average Bonchev–Trinajstić information content (AvgIpc) is 3.45. The van der Waals surface area contributed by atoms with E-state index in [9.17, 15) is 18.4 Å². The molecule has 0 spiro atoms. The number of imidazole rings is 1. The molecule has 0 radical (unpaired) electrons. The van der Waals surface area contributed by atoms with Gasteiger partial charge in [-0.1, -0.05) is 12.1 Å². The third-order valence-electron chi connectivity index (χ3n) is 5.93. The number of fused-ring (bicyclic) bond motifs is 1. The fraction of sp³-hybridized carbons (Fsp3) is 0.318. The zero-order valence-corrected chi connectivity index (χ0v) is 16.1. The van der Waals surface area contributed by atoms with Crippen LogP contribution in [0.3, 0.4) is 0 Å². The molecule has 0 aliphatic carbocycles. The van der Waals surface area contributed by atoms with Gasteiger partial charge in [-0.2, -0.15) is 0 Å². The molecule has 3 heterocycles. The number of aromatic amines is 1. The number of nitrogens with zero attached hydrogens (tertiary/aromatic N) is 3. The maximum absolute atomic E-state index is 14.1. The smallest absolute Gasteiger partial charge is 0.228 e. The number of amides is 2. The van der Waals surface area contributed by atoms with Gasteiger partial charge in [-0.25, -0.2) is 13.8 Å². The summed E-state index contributed by atoms with van der Waals surface area (Å²) in [5.41, 5.74) is 1.44. The molecule has 2 saturated heterocycles. The summed E-state index contributed by atoms with van der Waals surface area (Å²) in [6.45, 7) is 0.729. The summed E-state index contributed by atoms with van der Waals surface area (Å²) in [6, 6.07) is 10.2. The van der Waals surface area contributed by atoms with Gasteiger partial charge in [0.25, 0.3) is 0 Å². The normalized spacial score (nSPS) is 21.7. The van der Waals surface area contributed by atoms with Crippen molar-refractivity contribution in [1.82, 2.24) is 14.9 Å². The highest BCUT2D eigenvalue weighted by molar-refractivity contribution is 6.00. The van der Waals surface area contributed by atoms with Gasteiger partial charge in [0, 0.05) is 19.5 Å². The number of aromatic nitrogens is 2. The number of para-hydroxylation sites is 1. The molecule has 1 aromatic heterocycles. The van der Waals surface area contributed by atoms with E-state index in [1.165, 1.54) is 23.1 Å². The van der Waals surface area contributed by atoms with Crippen molar-refractivity contribution in [2.24, 2.45) is 5.92 Å². The van der Waals surface area contributed by atoms with Gasteiger partial charge in [0.15, 0.2) is 0 Å². The maximum atomic E-state index is 14.1. The number of hydrogen-bond acceptors (Lipinski definition) is 3. The quantitative estimate of drug-likeness (QED) is 0.718. The molecule has 5 rings (SSSR count). The summed E-state index contributed by atoms with van der Waals surface area (Å²) in [5.74, 6) is -1.12. The number of carbonyl (C=O) groups excluding carboxylic acids is 2. The molecule has 154 valence electrons. The molecule has 2 unspecified atom stereocenters. The van der Waals surface area contributed by atoms with E-state index < -0.39 is 11.7 Å². The van der Waals surface area contributed by atoms with Gasteiger partial charge in [-0.05, 0) is 43.2 Å². The lowest BCUT2D eigenvalue weighted by atomic mass is 10.1. The number of halogens is 2. The summed E-state index contributed by atoms with van der Waals surface area (Å²) in [4.78, 5) is 36.5. The van der Waals surface area contributed by atoms with Crippen molar-refractivity contribution in [3.05, 3.63) is 59.9 Å². The lowest BCUT2D eigenvalue weighted by Gasteiger charge is -2.26. The number of likely N-dealkylation sites (tertiary alicyclic amines) is 1. The number of benzene rings is 2. The van der Waals surface area contributed by atoms with Gasteiger partial charge in [-0.3, -0.25) is 9.59 Å². The Labute approximate surface area is 171 Å². The number of hydrogen-bond donors (Lipinski definition) is 1. The third-order valence-corrected chi connectivity index (χ3v) is 5.93. The van der Waals surface area contributed by atoms with E-state index in [2.05, 4.69) is 9.97 Å². The molecule has 2 aromatic carbocycles. The predicted molar refractivity (Wildman–Crippen MR) is 107 cm³/mol. The summed E-state index contributed by atoms with van der Waals surface area (Å²) in [5, 5.41) is 0. The largest absolute Gasteiger partial charge is 0.340 e. The van der Waals surface area contributed by atoms with Crippen molar-refractivity contribution in [1.29, 1.82) is 0 Å². The SMILES string of the molecule is O=C1CC(C(=O)N2CCCC2c2nc3ccc(F)cc3[nH]2)CN1c1ccccc1F. The van der Waals surface area contributed by atoms with Crippen LogP contribution in [0.25, 0.3) is 11.0 Å². The van der Waals surface area contributed by atoms with Crippen molar-refractivity contribution in [2.45, 2.75) is 25.3 Å². The van der Waals surface area contributed by atoms with Crippen molar-refractivity contribution in [3.63, 3.8) is 0 Å². The molecule has 2 amide bonds. The highest BCUT2D eigenvalue weighted by Gasteiger charge is 2.41. The first-order valence-corrected chi connectivity index (χ1v) is 10.0. The molecule has 0 saturated carbocycles. The van der Waals surface area contributed by atoms with Crippen LogP contribution in [0.1, 0.15) is 31.1 Å². The first-order valence-electron chi connectivity index (χ1n) is 10.0. The Bertz CT molecular complexity index is 1150. The Morgan fingerprint density at radius 1 is 1.17 bits per heavy atom. The molecular weight excluding hydrogens is 390 g/mol. The Morgan fingerprint density at radius 2 is 2.00 bits per heavy atom. The van der Waals surface area contributed by atoms with E-state index in [0.29, 0.717) is 23.4 Å². The van der Waals surface area contributed by atoms with E-state index in [-0.39, 0.29) is 42.3 Å². The Hall–Kier alpha value is -3.29. The fourth-order valence-corrected chi connectivity index (χ4v) is 4.49. The van der Waals surface area contributed by atoms with Crippen molar-refractivity contribution >= 4 is 28.5 Å². The van der Waals surface area contributed by atoms with Gasteiger partial charge in [0.05, 0.1) is 28.7 Å². The molecule has 30 heavy (non-hydrogen) atoms. The lowest BCUT2D eigenvalue weighted by molar-refractivity contribution is -0.136. The molecule has 8 heteroatoms. The van der Waals surface area contributed by atoms with Crippen LogP contribution in [-0.2, 0) is 9.59 Å². The van der Waals surface area contributed by atoms with Gasteiger partial charge < -0.3 is 14.8 Å². The number of nitrogens with one attached hydrogen (secondary N) is 1. The van der Waals surface area contributed by atoms with Crippen LogP contribution in [-0.4, -0.2) is 39.8 Å². The minimum absolute atomic E-state index is 0.0573. The fourth-order valence-electron chi connectivity index (χ4n) is 4.49. The van der Waals surface area contributed by atoms with Crippen molar-refractivity contribution in [2.75, 3.05) is 18.0 Å². The van der Waals surface area contributed by atoms with Gasteiger partial charge in [-0.15, -0.1) is 0 Å². The van der Waals surface area contributed by atoms with Crippen LogP contribution in [0.15, 0.2) is 42.5 Å². The van der Waals surface area contributed by atoms with Crippen molar-refractivity contribution < 1.29 is 18.4 Å². The molecule has 2 aliphatic heterocycles. The minimum Gasteiger partial charge on any atom is -0.340 e. The topological polar surface area (TPSA) is 69.3 Å². The second kappa shape index (κ2) is 7.19. The Morgan fingerprint density at radius 3 is 2.83 bits per heavy atom. The Kier molecular flexibility index (Phi) is 4.49. The lowest BCUT2D eigenvalue weighted by Crippen LogP contribution is -2.37. The molecule has 2 fully saturated rings. The number of anilines is 1. The summed E-state index contributed by atoms with van der Waals surface area (Å²) < 4.78 is 27.6. The molecule has 2 aliphatic rings. The molecule has 3 aromatic rings. The number of carbonyl (C=O) groups is 2. The predicted octanol–water partition coefficient (Wildman–Crippen LogP) is 3.56. The zero-order valence-electron chi connectivity index (χ0n) is 16.1. The monoisotopic (exact) mass is 410 g/mol. The van der Waals surface area contributed by atoms with Crippen molar-refractivity contribution in [3.8, 4) is 0 Å². The molecular formula is C22H20F2N4O2. The van der Waals surface area contributed by atoms with E-state index in [0.717, 1.165) is 12.8 Å². The second-order valence-corrected chi connectivity index (χ2v) is 7.83. The van der Waals surface area contributed by atoms with E-state index in [1.54, 1.807) is 29.2 Å². The van der Waals surface area contributed by atoms with Gasteiger partial charge in [0.2, 0.25) is 11.8 Å². The van der Waals surface area contributed by atoms with E-state index >= 15 is 0 Å². The molecule has 2 atom stereocenters. The summed E-state index contributed by atoms with van der Waals surface area (Å²) in [6.07, 6.45) is 1.62. The van der Waals surface area contributed by atoms with Crippen LogP contribution in [0.2, 0.25) is 0 Å². The van der Waals surface area contributed by atoms with Crippen LogP contribution in [0.5, 0.6) is 0 Å². The minimum atomic E-state index is -0.528. The molecule has 0 bridgehead atoms. The van der Waals surface area contributed by atoms with E-state index in [4.69, 9.17) is 0 Å². The molecule has 1 N–H and O–H groups in total. The molecule has 6 nitrogen and oxygen atoms in total. The third kappa shape index (κ3) is 3.12. The highest BCUT2D eigenvalue weighted by atomic mass is 19.1. The standard InChI is InChI=1S/C22H20F2N4O2/c23-14-7-8-16-17(11-14)26-21(25-16)19-6-3-9-27(19)22(30)13-10-20(29)28(12-13)18-5-2-1-4-15(18)24/h1-2,4-5,7-8,11,13,19H,3,6,9-10,12H2,(H,25,26). The summed E-state index contributed by atoms with van der Waals surface area (Å²) in [7, 11) is 0. The van der Waals surface area contributed by atoms with Crippen LogP contribution >= 0.6 is 0 Å². The zero-order chi connectivity index (χ0) is 20.8. The second-order valence-electron chi connectivity index (χ2n) is 7.83. The van der Waals surface area contributed by atoms with Crippen LogP contribution in [0.4, 0.5) is 14.5 Å². The maximum Gasteiger partial charge on any atom is 0.228 e. The first-order chi connectivity index (χ1) is 14.5. The average molecular weight is 410 g/mol. The first kappa shape index (κ1) is 18.7. The Balaban J connectivity index is 1.37. The highest BCUT2D eigenvalue weighted by Crippen LogP contribution is 2.35. The van der Waals surface area contributed by atoms with E-state index in [1.807, 2.05) is 0 Å².